The summed E-state index contributed by atoms with van der Waals surface area (Å²) in [7, 11) is 0. The predicted molar refractivity (Wildman–Crippen MR) is 105 cm³/mol. The monoisotopic (exact) mass is 418 g/mol. The Bertz CT molecular complexity index is 1020. The van der Waals surface area contributed by atoms with Crippen molar-refractivity contribution in [2.24, 2.45) is 0 Å². The summed E-state index contributed by atoms with van der Waals surface area (Å²) in [6.07, 6.45) is 1.16. The number of rotatable bonds is 6. The van der Waals surface area contributed by atoms with E-state index >= 15 is 0 Å². The molecule has 0 radical (unpaired) electrons. The SMILES string of the molecule is Cc1ccc(CNC(=O)c2cc(C(=O)NCc3ccc(F)c(Cl)c3)ncn2)s1. The van der Waals surface area contributed by atoms with Gasteiger partial charge in [0, 0.05) is 22.4 Å². The van der Waals surface area contributed by atoms with E-state index in [0.717, 1.165) is 16.1 Å². The van der Waals surface area contributed by atoms with Crippen molar-refractivity contribution in [2.45, 2.75) is 20.0 Å². The van der Waals surface area contributed by atoms with Crippen LogP contribution in [0.5, 0.6) is 0 Å². The molecule has 2 N–H and O–H groups in total. The number of nitrogens with one attached hydrogen (secondary N) is 2. The quantitative estimate of drug-likeness (QED) is 0.641. The second-order valence-corrected chi connectivity index (χ2v) is 7.69. The number of halogens is 2. The number of hydrogen-bond donors (Lipinski definition) is 2. The minimum atomic E-state index is -0.527. The summed E-state index contributed by atoms with van der Waals surface area (Å²) in [5, 5.41) is 5.39. The Morgan fingerprint density at radius 3 is 2.32 bits per heavy atom. The zero-order valence-corrected chi connectivity index (χ0v) is 16.4. The van der Waals surface area contributed by atoms with Crippen LogP contribution >= 0.6 is 22.9 Å². The highest BCUT2D eigenvalue weighted by molar-refractivity contribution is 7.11. The van der Waals surface area contributed by atoms with Crippen molar-refractivity contribution in [3.63, 3.8) is 0 Å². The van der Waals surface area contributed by atoms with E-state index in [1.807, 2.05) is 19.1 Å². The van der Waals surface area contributed by atoms with E-state index < -0.39 is 17.6 Å². The first-order valence-electron chi connectivity index (χ1n) is 8.30. The van der Waals surface area contributed by atoms with Crippen molar-refractivity contribution >= 4 is 34.8 Å². The Morgan fingerprint density at radius 2 is 1.71 bits per heavy atom. The number of aryl methyl sites for hydroxylation is 1. The maximum absolute atomic E-state index is 13.2. The molecular formula is C19H16ClFN4O2S. The number of carbonyl (C=O) groups is 2. The maximum atomic E-state index is 13.2. The molecule has 0 bridgehead atoms. The Morgan fingerprint density at radius 1 is 1.04 bits per heavy atom. The normalized spacial score (nSPS) is 10.5. The number of aromatic nitrogens is 2. The van der Waals surface area contributed by atoms with Gasteiger partial charge in [0.2, 0.25) is 0 Å². The van der Waals surface area contributed by atoms with Crippen LogP contribution in [0.4, 0.5) is 4.39 Å². The summed E-state index contributed by atoms with van der Waals surface area (Å²) in [4.78, 5) is 34.6. The van der Waals surface area contributed by atoms with Crippen LogP contribution in [0.2, 0.25) is 5.02 Å². The minimum Gasteiger partial charge on any atom is -0.347 e. The van der Waals surface area contributed by atoms with E-state index in [1.54, 1.807) is 11.3 Å². The number of amides is 2. The van der Waals surface area contributed by atoms with Gasteiger partial charge in [-0.05, 0) is 36.8 Å². The molecule has 3 rings (SSSR count). The summed E-state index contributed by atoms with van der Waals surface area (Å²) >= 11 is 7.32. The number of benzene rings is 1. The van der Waals surface area contributed by atoms with Gasteiger partial charge in [0.1, 0.15) is 23.5 Å². The summed E-state index contributed by atoms with van der Waals surface area (Å²) in [5.41, 5.74) is 0.789. The van der Waals surface area contributed by atoms with Crippen LogP contribution in [0, 0.1) is 12.7 Å². The predicted octanol–water partition coefficient (Wildman–Crippen LogP) is 3.50. The number of thiophene rings is 1. The molecule has 9 heteroatoms. The Labute approximate surface area is 169 Å². The van der Waals surface area contributed by atoms with Crippen molar-refractivity contribution in [1.82, 2.24) is 20.6 Å². The van der Waals surface area contributed by atoms with Gasteiger partial charge in [0.25, 0.3) is 11.8 Å². The Kier molecular flexibility index (Phi) is 6.33. The van der Waals surface area contributed by atoms with E-state index in [9.17, 15) is 14.0 Å². The zero-order valence-electron chi connectivity index (χ0n) is 14.8. The van der Waals surface area contributed by atoms with Crippen LogP contribution in [-0.2, 0) is 13.1 Å². The summed E-state index contributed by atoms with van der Waals surface area (Å²) in [5.74, 6) is -1.40. The molecule has 144 valence electrons. The van der Waals surface area contributed by atoms with Crippen LogP contribution in [-0.4, -0.2) is 21.8 Å². The standard InChI is InChI=1S/C19H16ClFN4O2S/c1-11-2-4-13(28-11)9-23-19(27)17-7-16(24-10-25-17)18(26)22-8-12-3-5-15(21)14(20)6-12/h2-7,10H,8-9H2,1H3,(H,22,26)(H,23,27). The molecule has 3 aromatic rings. The molecule has 0 spiro atoms. The largest absolute Gasteiger partial charge is 0.347 e. The van der Waals surface area contributed by atoms with Gasteiger partial charge >= 0.3 is 0 Å². The smallest absolute Gasteiger partial charge is 0.270 e. The molecule has 0 saturated heterocycles. The van der Waals surface area contributed by atoms with Crippen LogP contribution in [0.3, 0.4) is 0 Å². The minimum absolute atomic E-state index is 0.0197. The second kappa shape index (κ2) is 8.90. The van der Waals surface area contributed by atoms with Crippen LogP contribution < -0.4 is 10.6 Å². The molecule has 28 heavy (non-hydrogen) atoms. The van der Waals surface area contributed by atoms with Crippen molar-refractivity contribution in [2.75, 3.05) is 0 Å². The number of carbonyl (C=O) groups excluding carboxylic acids is 2. The van der Waals surface area contributed by atoms with Crippen LogP contribution in [0.25, 0.3) is 0 Å². The highest BCUT2D eigenvalue weighted by Crippen LogP contribution is 2.16. The third-order valence-corrected chi connectivity index (χ3v) is 5.08. The third kappa shape index (κ3) is 5.11. The first-order chi connectivity index (χ1) is 13.4. The Hall–Kier alpha value is -2.84. The maximum Gasteiger partial charge on any atom is 0.270 e. The van der Waals surface area contributed by atoms with Crippen molar-refractivity contribution in [3.05, 3.63) is 80.3 Å². The highest BCUT2D eigenvalue weighted by atomic mass is 35.5. The van der Waals surface area contributed by atoms with Crippen molar-refractivity contribution in [1.29, 1.82) is 0 Å². The van der Waals surface area contributed by atoms with Gasteiger partial charge in [0.15, 0.2) is 0 Å². The van der Waals surface area contributed by atoms with Gasteiger partial charge < -0.3 is 10.6 Å². The first-order valence-corrected chi connectivity index (χ1v) is 9.49. The molecule has 0 aliphatic heterocycles. The molecule has 0 fully saturated rings. The molecule has 1 aromatic carbocycles. The van der Waals surface area contributed by atoms with Crippen molar-refractivity contribution < 1.29 is 14.0 Å². The third-order valence-electron chi connectivity index (χ3n) is 3.79. The summed E-state index contributed by atoms with van der Waals surface area (Å²) < 4.78 is 13.2. The Balaban J connectivity index is 1.60. The van der Waals surface area contributed by atoms with E-state index in [1.165, 1.54) is 24.3 Å². The average Bonchev–Trinajstić information content (AvgIpc) is 3.12. The molecule has 2 heterocycles. The van der Waals surface area contributed by atoms with Crippen LogP contribution in [0.1, 0.15) is 36.3 Å². The summed E-state index contributed by atoms with van der Waals surface area (Å²) in [6, 6.07) is 9.43. The number of nitrogens with zero attached hydrogens (tertiary/aromatic N) is 2. The molecule has 0 aliphatic carbocycles. The average molecular weight is 419 g/mol. The fourth-order valence-corrected chi connectivity index (χ4v) is 3.40. The molecule has 0 aliphatic rings. The van der Waals surface area contributed by atoms with E-state index in [0.29, 0.717) is 12.1 Å². The van der Waals surface area contributed by atoms with Gasteiger partial charge in [-0.25, -0.2) is 14.4 Å². The topological polar surface area (TPSA) is 84.0 Å². The zero-order chi connectivity index (χ0) is 20.1. The van der Waals surface area contributed by atoms with Gasteiger partial charge in [-0.2, -0.15) is 0 Å². The molecule has 0 atom stereocenters. The fourth-order valence-electron chi connectivity index (χ4n) is 2.37. The van der Waals surface area contributed by atoms with Gasteiger partial charge in [-0.3, -0.25) is 9.59 Å². The lowest BCUT2D eigenvalue weighted by atomic mass is 10.2. The summed E-state index contributed by atoms with van der Waals surface area (Å²) in [6.45, 7) is 2.52. The lowest BCUT2D eigenvalue weighted by molar-refractivity contribution is 0.0944. The second-order valence-electron chi connectivity index (χ2n) is 5.91. The first kappa shape index (κ1) is 19.9. The molecule has 0 unspecified atom stereocenters. The molecule has 0 saturated carbocycles. The molecule has 2 amide bonds. The lowest BCUT2D eigenvalue weighted by Crippen LogP contribution is -2.27. The fraction of sp³-hybridized carbons (Fsp3) is 0.158. The number of hydrogen-bond acceptors (Lipinski definition) is 5. The molecule has 2 aromatic heterocycles. The lowest BCUT2D eigenvalue weighted by Gasteiger charge is -2.07. The van der Waals surface area contributed by atoms with E-state index in [-0.39, 0.29) is 23.0 Å². The van der Waals surface area contributed by atoms with Crippen LogP contribution in [0.15, 0.2) is 42.7 Å². The highest BCUT2D eigenvalue weighted by Gasteiger charge is 2.13. The molecular weight excluding hydrogens is 403 g/mol. The van der Waals surface area contributed by atoms with Gasteiger partial charge in [-0.15, -0.1) is 11.3 Å². The van der Waals surface area contributed by atoms with Gasteiger partial charge in [-0.1, -0.05) is 17.7 Å². The van der Waals surface area contributed by atoms with Gasteiger partial charge in [0.05, 0.1) is 11.6 Å². The van der Waals surface area contributed by atoms with E-state index in [2.05, 4.69) is 20.6 Å². The van der Waals surface area contributed by atoms with E-state index in [4.69, 9.17) is 11.6 Å². The molecule has 6 nitrogen and oxygen atoms in total. The van der Waals surface area contributed by atoms with Crippen molar-refractivity contribution in [3.8, 4) is 0 Å².